The van der Waals surface area contributed by atoms with Crippen LogP contribution in [0.2, 0.25) is 0 Å². The van der Waals surface area contributed by atoms with Gasteiger partial charge in [0.05, 0.1) is 4.90 Å². The third-order valence-corrected chi connectivity index (χ3v) is 4.36. The van der Waals surface area contributed by atoms with Gasteiger partial charge in [-0.1, -0.05) is 6.07 Å². The highest BCUT2D eigenvalue weighted by Gasteiger charge is 2.16. The topological polar surface area (TPSA) is 46.2 Å². The van der Waals surface area contributed by atoms with Gasteiger partial charge < -0.3 is 0 Å². The van der Waals surface area contributed by atoms with Crippen molar-refractivity contribution in [2.75, 3.05) is 0 Å². The molecule has 0 unspecified atom stereocenters. The lowest BCUT2D eigenvalue weighted by Crippen LogP contribution is -2.24. The maximum absolute atomic E-state index is 13.1. The highest BCUT2D eigenvalue weighted by molar-refractivity contribution is 7.89. The SMILES string of the molecule is Cc1ccc(F)cc1CNS(=O)(=O)c1ccc(F)c(F)c1. The Morgan fingerprint density at radius 1 is 1.00 bits per heavy atom. The van der Waals surface area contributed by atoms with Crippen LogP contribution in [0.5, 0.6) is 0 Å². The van der Waals surface area contributed by atoms with E-state index in [1.807, 2.05) is 0 Å². The minimum absolute atomic E-state index is 0.148. The fraction of sp³-hybridized carbons (Fsp3) is 0.143. The fourth-order valence-corrected chi connectivity index (χ4v) is 2.75. The average molecular weight is 315 g/mol. The zero-order valence-electron chi connectivity index (χ0n) is 11.0. The van der Waals surface area contributed by atoms with Crippen molar-refractivity contribution in [1.82, 2.24) is 4.72 Å². The van der Waals surface area contributed by atoms with E-state index in [4.69, 9.17) is 0 Å². The molecule has 0 aliphatic carbocycles. The minimum Gasteiger partial charge on any atom is -0.207 e. The van der Waals surface area contributed by atoms with Gasteiger partial charge in [-0.05, 0) is 48.4 Å². The molecule has 21 heavy (non-hydrogen) atoms. The van der Waals surface area contributed by atoms with Crippen molar-refractivity contribution in [3.63, 3.8) is 0 Å². The van der Waals surface area contributed by atoms with Crippen LogP contribution in [-0.4, -0.2) is 8.42 Å². The van der Waals surface area contributed by atoms with Gasteiger partial charge in [-0.3, -0.25) is 0 Å². The lowest BCUT2D eigenvalue weighted by atomic mass is 10.1. The molecule has 2 rings (SSSR count). The maximum Gasteiger partial charge on any atom is 0.240 e. The molecule has 2 aromatic rings. The molecule has 0 aliphatic rings. The van der Waals surface area contributed by atoms with Crippen molar-refractivity contribution in [3.8, 4) is 0 Å². The predicted octanol–water partition coefficient (Wildman–Crippen LogP) is 2.89. The Kier molecular flexibility index (Phi) is 4.34. The van der Waals surface area contributed by atoms with E-state index in [9.17, 15) is 21.6 Å². The second-order valence-corrected chi connectivity index (χ2v) is 6.24. The molecule has 3 nitrogen and oxygen atoms in total. The summed E-state index contributed by atoms with van der Waals surface area (Å²) in [6, 6.07) is 6.29. The van der Waals surface area contributed by atoms with Gasteiger partial charge in [-0.25, -0.2) is 26.3 Å². The Balaban J connectivity index is 2.21. The first-order valence-corrected chi connectivity index (χ1v) is 7.47. The number of rotatable bonds is 4. The van der Waals surface area contributed by atoms with Crippen LogP contribution >= 0.6 is 0 Å². The van der Waals surface area contributed by atoms with Gasteiger partial charge in [0.15, 0.2) is 11.6 Å². The molecule has 0 saturated heterocycles. The number of halogens is 3. The van der Waals surface area contributed by atoms with Crippen LogP contribution in [-0.2, 0) is 16.6 Å². The molecule has 0 saturated carbocycles. The van der Waals surface area contributed by atoms with Crippen LogP contribution in [0.15, 0.2) is 41.3 Å². The summed E-state index contributed by atoms with van der Waals surface area (Å²) in [7, 11) is -4.01. The summed E-state index contributed by atoms with van der Waals surface area (Å²) in [5, 5.41) is 0. The summed E-state index contributed by atoms with van der Waals surface area (Å²) in [6.45, 7) is 1.56. The fourth-order valence-electron chi connectivity index (χ4n) is 1.73. The average Bonchev–Trinajstić information content (AvgIpc) is 2.43. The van der Waals surface area contributed by atoms with Gasteiger partial charge in [-0.2, -0.15) is 0 Å². The van der Waals surface area contributed by atoms with E-state index in [-0.39, 0.29) is 6.54 Å². The molecule has 0 aromatic heterocycles. The third-order valence-electron chi connectivity index (χ3n) is 2.97. The summed E-state index contributed by atoms with van der Waals surface area (Å²) in [4.78, 5) is -0.393. The van der Waals surface area contributed by atoms with E-state index < -0.39 is 32.4 Å². The summed E-state index contributed by atoms with van der Waals surface area (Å²) < 4.78 is 65.2. The zero-order valence-corrected chi connectivity index (χ0v) is 11.8. The second-order valence-electron chi connectivity index (χ2n) is 4.47. The Bertz CT molecular complexity index is 776. The van der Waals surface area contributed by atoms with Gasteiger partial charge in [0.2, 0.25) is 10.0 Å². The molecule has 2 aromatic carbocycles. The number of sulfonamides is 1. The summed E-state index contributed by atoms with van der Waals surface area (Å²) in [5.74, 6) is -2.86. The molecule has 7 heteroatoms. The lowest BCUT2D eigenvalue weighted by molar-refractivity contribution is 0.504. The number of benzene rings is 2. The maximum atomic E-state index is 13.1. The van der Waals surface area contributed by atoms with E-state index in [1.54, 1.807) is 6.92 Å². The molecule has 112 valence electrons. The monoisotopic (exact) mass is 315 g/mol. The van der Waals surface area contributed by atoms with E-state index in [2.05, 4.69) is 4.72 Å². The summed E-state index contributed by atoms with van der Waals surface area (Å²) in [6.07, 6.45) is 0. The van der Waals surface area contributed by atoms with Crippen LogP contribution in [0.25, 0.3) is 0 Å². The number of hydrogen-bond donors (Lipinski definition) is 1. The smallest absolute Gasteiger partial charge is 0.207 e. The first-order valence-electron chi connectivity index (χ1n) is 5.99. The van der Waals surface area contributed by atoms with Crippen molar-refractivity contribution >= 4 is 10.0 Å². The van der Waals surface area contributed by atoms with Gasteiger partial charge in [-0.15, -0.1) is 0 Å². The molecule has 0 bridgehead atoms. The van der Waals surface area contributed by atoms with Crippen LogP contribution in [0, 0.1) is 24.4 Å². The number of aryl methyl sites for hydroxylation is 1. The molecule has 0 aliphatic heterocycles. The summed E-state index contributed by atoms with van der Waals surface area (Å²) in [5.41, 5.74) is 1.17. The quantitative estimate of drug-likeness (QED) is 0.943. The molecule has 1 N–H and O–H groups in total. The Morgan fingerprint density at radius 3 is 2.38 bits per heavy atom. The third kappa shape index (κ3) is 3.62. The normalized spacial score (nSPS) is 11.6. The zero-order chi connectivity index (χ0) is 15.6. The predicted molar refractivity (Wildman–Crippen MR) is 71.5 cm³/mol. The van der Waals surface area contributed by atoms with E-state index in [0.717, 1.165) is 12.1 Å². The lowest BCUT2D eigenvalue weighted by Gasteiger charge is -2.09. The molecule has 0 spiro atoms. The van der Waals surface area contributed by atoms with Crippen LogP contribution in [0.1, 0.15) is 11.1 Å². The van der Waals surface area contributed by atoms with Crippen LogP contribution < -0.4 is 4.72 Å². The molecule has 0 atom stereocenters. The Morgan fingerprint density at radius 2 is 1.71 bits per heavy atom. The van der Waals surface area contributed by atoms with Crippen molar-refractivity contribution in [2.24, 2.45) is 0 Å². The second kappa shape index (κ2) is 5.87. The van der Waals surface area contributed by atoms with Crippen LogP contribution in [0.4, 0.5) is 13.2 Å². The van der Waals surface area contributed by atoms with Crippen LogP contribution in [0.3, 0.4) is 0 Å². The highest BCUT2D eigenvalue weighted by atomic mass is 32.2. The molecule has 0 heterocycles. The minimum atomic E-state index is -4.01. The molecule has 0 radical (unpaired) electrons. The van der Waals surface area contributed by atoms with Crippen molar-refractivity contribution < 1.29 is 21.6 Å². The number of hydrogen-bond acceptors (Lipinski definition) is 2. The van der Waals surface area contributed by atoms with Gasteiger partial charge in [0.25, 0.3) is 0 Å². The number of nitrogens with one attached hydrogen (secondary N) is 1. The van der Waals surface area contributed by atoms with E-state index in [1.165, 1.54) is 18.2 Å². The largest absolute Gasteiger partial charge is 0.240 e. The van der Waals surface area contributed by atoms with Crippen molar-refractivity contribution in [1.29, 1.82) is 0 Å². The van der Waals surface area contributed by atoms with Gasteiger partial charge >= 0.3 is 0 Å². The highest BCUT2D eigenvalue weighted by Crippen LogP contribution is 2.15. The molecule has 0 amide bonds. The van der Waals surface area contributed by atoms with Crippen molar-refractivity contribution in [3.05, 3.63) is 65.0 Å². The Labute approximate surface area is 120 Å². The summed E-state index contributed by atoms with van der Waals surface area (Å²) >= 11 is 0. The van der Waals surface area contributed by atoms with Crippen molar-refractivity contribution in [2.45, 2.75) is 18.4 Å². The van der Waals surface area contributed by atoms with Gasteiger partial charge in [0, 0.05) is 6.54 Å². The molecular weight excluding hydrogens is 303 g/mol. The Hall–Kier alpha value is -1.86. The molecule has 0 fully saturated rings. The first-order chi connectivity index (χ1) is 9.79. The standard InChI is InChI=1S/C14H12F3NO2S/c1-9-2-3-11(15)6-10(9)8-18-21(19,20)12-4-5-13(16)14(17)7-12/h2-7,18H,8H2,1H3. The van der Waals surface area contributed by atoms with E-state index >= 15 is 0 Å². The van der Waals surface area contributed by atoms with Gasteiger partial charge in [0.1, 0.15) is 5.82 Å². The van der Waals surface area contributed by atoms with E-state index in [0.29, 0.717) is 17.2 Å². The first kappa shape index (κ1) is 15.5. The molecular formula is C14H12F3NO2S.